The summed E-state index contributed by atoms with van der Waals surface area (Å²) in [7, 11) is 0. The predicted octanol–water partition coefficient (Wildman–Crippen LogP) is 4.29. The molecule has 0 fully saturated rings. The molecule has 32 heavy (non-hydrogen) atoms. The molecule has 0 aliphatic carbocycles. The van der Waals surface area contributed by atoms with Gasteiger partial charge in [-0.3, -0.25) is 9.69 Å². The molecular weight excluding hydrogens is 419 g/mol. The second-order valence-corrected chi connectivity index (χ2v) is 8.00. The zero-order valence-corrected chi connectivity index (χ0v) is 17.1. The van der Waals surface area contributed by atoms with E-state index in [0.717, 1.165) is 35.6 Å². The fourth-order valence-corrected chi connectivity index (χ4v) is 4.11. The average molecular weight is 439 g/mol. The standard InChI is InChI=1S/C24H20F3N3O2/c25-24(26,27)18-7-5-16(6-8-18)22-28-20-9-10-30(13-19(20)23(31)29-22)12-15-11-17-3-1-2-4-21(17)32-14-15/h1-8,11H,9-10,12-14H2,(H,28,29,31). The minimum Gasteiger partial charge on any atom is -0.489 e. The lowest BCUT2D eigenvalue weighted by Crippen LogP contribution is -2.37. The first-order valence-corrected chi connectivity index (χ1v) is 10.3. The third-order valence-electron chi connectivity index (χ3n) is 5.75. The van der Waals surface area contributed by atoms with E-state index in [1.807, 2.05) is 24.3 Å². The summed E-state index contributed by atoms with van der Waals surface area (Å²) in [5.41, 5.74) is 2.94. The van der Waals surface area contributed by atoms with Crippen molar-refractivity contribution in [1.29, 1.82) is 0 Å². The number of benzene rings is 2. The summed E-state index contributed by atoms with van der Waals surface area (Å²) in [5.74, 6) is 1.16. The van der Waals surface area contributed by atoms with Crippen molar-refractivity contribution in [1.82, 2.24) is 14.9 Å². The Hall–Kier alpha value is -3.39. The SMILES string of the molecule is O=c1[nH]c(-c2ccc(C(F)(F)F)cc2)nc2c1CN(CC1=Cc3ccccc3OC1)CC2. The minimum absolute atomic E-state index is 0.256. The van der Waals surface area contributed by atoms with Gasteiger partial charge >= 0.3 is 6.18 Å². The van der Waals surface area contributed by atoms with Crippen molar-refractivity contribution in [3.05, 3.63) is 86.8 Å². The number of H-pyrrole nitrogens is 1. The van der Waals surface area contributed by atoms with Crippen LogP contribution < -0.4 is 10.3 Å². The van der Waals surface area contributed by atoms with Gasteiger partial charge in [-0.25, -0.2) is 4.98 Å². The highest BCUT2D eigenvalue weighted by atomic mass is 19.4. The quantitative estimate of drug-likeness (QED) is 0.662. The van der Waals surface area contributed by atoms with Gasteiger partial charge < -0.3 is 9.72 Å². The lowest BCUT2D eigenvalue weighted by atomic mass is 10.0. The fourth-order valence-electron chi connectivity index (χ4n) is 4.11. The maximum Gasteiger partial charge on any atom is 0.416 e. The molecule has 1 N–H and O–H groups in total. The first kappa shape index (κ1) is 20.5. The molecule has 3 aromatic rings. The van der Waals surface area contributed by atoms with Gasteiger partial charge in [-0.15, -0.1) is 0 Å². The predicted molar refractivity (Wildman–Crippen MR) is 114 cm³/mol. The van der Waals surface area contributed by atoms with Crippen molar-refractivity contribution in [2.45, 2.75) is 19.1 Å². The fraction of sp³-hybridized carbons (Fsp3) is 0.250. The number of nitrogens with zero attached hydrogens (tertiary/aromatic N) is 2. The molecule has 0 radical (unpaired) electrons. The Morgan fingerprint density at radius 3 is 2.66 bits per heavy atom. The molecule has 2 aliphatic rings. The van der Waals surface area contributed by atoms with E-state index in [1.54, 1.807) is 0 Å². The van der Waals surface area contributed by atoms with Gasteiger partial charge in [0.25, 0.3) is 5.56 Å². The number of aromatic amines is 1. The molecule has 1 aromatic heterocycles. The van der Waals surface area contributed by atoms with E-state index in [4.69, 9.17) is 4.74 Å². The molecule has 0 amide bonds. The van der Waals surface area contributed by atoms with Crippen LogP contribution in [0.25, 0.3) is 17.5 Å². The van der Waals surface area contributed by atoms with Crippen LogP contribution >= 0.6 is 0 Å². The minimum atomic E-state index is -4.40. The lowest BCUT2D eigenvalue weighted by molar-refractivity contribution is -0.137. The van der Waals surface area contributed by atoms with Crippen LogP contribution in [0, 0.1) is 0 Å². The van der Waals surface area contributed by atoms with Crippen LogP contribution in [0.1, 0.15) is 22.4 Å². The molecule has 2 aromatic carbocycles. The highest BCUT2D eigenvalue weighted by molar-refractivity contribution is 5.62. The van der Waals surface area contributed by atoms with Crippen LogP contribution in [0.4, 0.5) is 13.2 Å². The van der Waals surface area contributed by atoms with Crippen molar-refractivity contribution in [2.75, 3.05) is 19.7 Å². The summed E-state index contributed by atoms with van der Waals surface area (Å²) in [5, 5.41) is 0. The van der Waals surface area contributed by atoms with E-state index >= 15 is 0 Å². The second kappa shape index (κ2) is 7.94. The molecule has 164 valence electrons. The van der Waals surface area contributed by atoms with Crippen LogP contribution in [0.2, 0.25) is 0 Å². The zero-order chi connectivity index (χ0) is 22.3. The third kappa shape index (κ3) is 4.05. The number of ether oxygens (including phenoxy) is 1. The van der Waals surface area contributed by atoms with Crippen molar-refractivity contribution < 1.29 is 17.9 Å². The summed E-state index contributed by atoms with van der Waals surface area (Å²) >= 11 is 0. The highest BCUT2D eigenvalue weighted by Crippen LogP contribution is 2.31. The largest absolute Gasteiger partial charge is 0.489 e. The van der Waals surface area contributed by atoms with Gasteiger partial charge in [0.05, 0.1) is 16.8 Å². The number of fused-ring (bicyclic) bond motifs is 2. The molecule has 0 unspecified atom stereocenters. The lowest BCUT2D eigenvalue weighted by Gasteiger charge is -2.29. The maximum atomic E-state index is 12.8. The number of nitrogens with one attached hydrogen (secondary N) is 1. The van der Waals surface area contributed by atoms with Crippen molar-refractivity contribution >= 4 is 6.08 Å². The van der Waals surface area contributed by atoms with E-state index in [2.05, 4.69) is 20.9 Å². The smallest absolute Gasteiger partial charge is 0.416 e. The molecule has 0 atom stereocenters. The first-order valence-electron chi connectivity index (χ1n) is 10.3. The third-order valence-corrected chi connectivity index (χ3v) is 5.75. The topological polar surface area (TPSA) is 58.2 Å². The van der Waals surface area contributed by atoms with Gasteiger partial charge in [-0.05, 0) is 29.8 Å². The first-order chi connectivity index (χ1) is 15.4. The van der Waals surface area contributed by atoms with E-state index in [0.29, 0.717) is 42.9 Å². The van der Waals surface area contributed by atoms with Gasteiger partial charge in [-0.1, -0.05) is 30.3 Å². The number of rotatable bonds is 3. The van der Waals surface area contributed by atoms with Crippen molar-refractivity contribution in [2.24, 2.45) is 0 Å². The Morgan fingerprint density at radius 1 is 1.09 bits per heavy atom. The number of aromatic nitrogens is 2. The molecule has 3 heterocycles. The summed E-state index contributed by atoms with van der Waals surface area (Å²) in [6.45, 7) is 2.40. The molecule has 2 aliphatic heterocycles. The number of halogens is 3. The number of alkyl halides is 3. The van der Waals surface area contributed by atoms with Crippen molar-refractivity contribution in [3.8, 4) is 17.1 Å². The number of hydrogen-bond donors (Lipinski definition) is 1. The Balaban J connectivity index is 1.34. The van der Waals surface area contributed by atoms with Crippen LogP contribution in [0.3, 0.4) is 0 Å². The molecule has 5 nitrogen and oxygen atoms in total. The van der Waals surface area contributed by atoms with E-state index in [-0.39, 0.29) is 11.4 Å². The molecule has 0 saturated heterocycles. The molecule has 8 heteroatoms. The van der Waals surface area contributed by atoms with E-state index < -0.39 is 11.7 Å². The number of hydrogen-bond acceptors (Lipinski definition) is 4. The summed E-state index contributed by atoms with van der Waals surface area (Å²) in [4.78, 5) is 22.2. The van der Waals surface area contributed by atoms with Gasteiger partial charge in [-0.2, -0.15) is 13.2 Å². The van der Waals surface area contributed by atoms with Crippen LogP contribution in [-0.2, 0) is 19.1 Å². The second-order valence-electron chi connectivity index (χ2n) is 8.00. The number of para-hydroxylation sites is 1. The van der Waals surface area contributed by atoms with E-state index in [9.17, 15) is 18.0 Å². The van der Waals surface area contributed by atoms with Gasteiger partial charge in [0, 0.05) is 37.2 Å². The maximum absolute atomic E-state index is 12.8. The van der Waals surface area contributed by atoms with E-state index in [1.165, 1.54) is 12.1 Å². The highest BCUT2D eigenvalue weighted by Gasteiger charge is 2.30. The molecule has 0 spiro atoms. The molecule has 0 bridgehead atoms. The molecule has 5 rings (SSSR count). The molecule has 0 saturated carbocycles. The summed E-state index contributed by atoms with van der Waals surface area (Å²) in [6.07, 6.45) is -1.68. The zero-order valence-electron chi connectivity index (χ0n) is 17.1. The average Bonchev–Trinajstić information content (AvgIpc) is 2.79. The Labute approximate surface area is 182 Å². The van der Waals surface area contributed by atoms with Gasteiger partial charge in [0.2, 0.25) is 0 Å². The molecular formula is C24H20F3N3O2. The Morgan fingerprint density at radius 2 is 1.88 bits per heavy atom. The Kier molecular flexibility index (Phi) is 5.09. The monoisotopic (exact) mass is 439 g/mol. The summed E-state index contributed by atoms with van der Waals surface area (Å²) in [6, 6.07) is 12.5. The van der Waals surface area contributed by atoms with Crippen LogP contribution in [0.5, 0.6) is 5.75 Å². The van der Waals surface area contributed by atoms with Gasteiger partial charge in [0.15, 0.2) is 0 Å². The van der Waals surface area contributed by atoms with Crippen molar-refractivity contribution in [3.63, 3.8) is 0 Å². The van der Waals surface area contributed by atoms with Gasteiger partial charge in [0.1, 0.15) is 18.2 Å². The van der Waals surface area contributed by atoms with Crippen LogP contribution in [0.15, 0.2) is 58.9 Å². The Bertz CT molecular complexity index is 1250. The normalized spacial score (nSPS) is 16.0. The van der Waals surface area contributed by atoms with Crippen LogP contribution in [-0.4, -0.2) is 34.6 Å². The summed E-state index contributed by atoms with van der Waals surface area (Å²) < 4.78 is 44.2.